The quantitative estimate of drug-likeness (QED) is 0.639. The molecule has 0 aliphatic heterocycles. The van der Waals surface area contributed by atoms with Crippen LogP contribution in [-0.4, -0.2) is 21.1 Å². The van der Waals surface area contributed by atoms with Crippen molar-refractivity contribution in [2.45, 2.75) is 12.1 Å². The molecule has 0 saturated heterocycles. The minimum atomic E-state index is -5.71. The maximum Gasteiger partial charge on any atom is 0.461 e. The zero-order valence-electron chi connectivity index (χ0n) is 5.81. The van der Waals surface area contributed by atoms with Gasteiger partial charge in [-0.15, -0.1) is 0 Å². The normalized spacial score (nSPS) is 13.0. The predicted octanol–water partition coefficient (Wildman–Crippen LogP) is 1.33. The van der Waals surface area contributed by atoms with Gasteiger partial charge in [0.05, 0.1) is 0 Å². The van der Waals surface area contributed by atoms with Crippen LogP contribution in [-0.2, 0) is 5.92 Å². The van der Waals surface area contributed by atoms with Crippen molar-refractivity contribution in [1.82, 2.24) is 15.0 Å². The van der Waals surface area contributed by atoms with E-state index in [1.165, 1.54) is 0 Å². The summed E-state index contributed by atoms with van der Waals surface area (Å²) in [5.41, 5.74) is 0. The Morgan fingerprint density at radius 1 is 1.15 bits per heavy atom. The van der Waals surface area contributed by atoms with Crippen molar-refractivity contribution in [2.24, 2.45) is 0 Å². The molecule has 1 aromatic heterocycles. The predicted molar refractivity (Wildman–Crippen MR) is 28.6 cm³/mol. The van der Waals surface area contributed by atoms with Crippen molar-refractivity contribution >= 4 is 0 Å². The van der Waals surface area contributed by atoms with E-state index in [1.54, 1.807) is 6.33 Å². The van der Waals surface area contributed by atoms with Gasteiger partial charge in [0.2, 0.25) is 12.2 Å². The van der Waals surface area contributed by atoms with Gasteiger partial charge in [-0.2, -0.15) is 22.0 Å². The van der Waals surface area contributed by atoms with E-state index in [0.29, 0.717) is 6.33 Å². The summed E-state index contributed by atoms with van der Waals surface area (Å²) in [6.07, 6.45) is -3.59. The first kappa shape index (κ1) is 9.75. The van der Waals surface area contributed by atoms with E-state index < -0.39 is 17.9 Å². The fourth-order valence-corrected chi connectivity index (χ4v) is 0.493. The number of nitrogens with zero attached hydrogens (tertiary/aromatic N) is 3. The van der Waals surface area contributed by atoms with Crippen molar-refractivity contribution in [3.8, 4) is 0 Å². The third-order valence-electron chi connectivity index (χ3n) is 1.09. The second-order valence-corrected chi connectivity index (χ2v) is 1.98. The second kappa shape index (κ2) is 2.86. The van der Waals surface area contributed by atoms with E-state index in [-0.39, 0.29) is 0 Å². The third-order valence-corrected chi connectivity index (χ3v) is 1.09. The average Bonchev–Trinajstić information content (AvgIpc) is 2.04. The molecular weight excluding hydrogens is 197 g/mol. The molecular formula is C5HF5N3. The molecule has 0 aliphatic rings. The second-order valence-electron chi connectivity index (χ2n) is 1.98. The number of aromatic nitrogens is 3. The van der Waals surface area contributed by atoms with E-state index in [0.717, 1.165) is 0 Å². The molecule has 1 aromatic rings. The highest BCUT2D eigenvalue weighted by Crippen LogP contribution is 2.41. The molecule has 0 fully saturated rings. The van der Waals surface area contributed by atoms with Gasteiger partial charge in [-0.25, -0.2) is 15.0 Å². The molecule has 8 heteroatoms. The molecule has 0 N–H and O–H groups in total. The van der Waals surface area contributed by atoms with Crippen LogP contribution in [0.3, 0.4) is 0 Å². The average molecular weight is 198 g/mol. The van der Waals surface area contributed by atoms with Gasteiger partial charge in [0.15, 0.2) is 0 Å². The Labute approximate surface area is 68.6 Å². The lowest BCUT2D eigenvalue weighted by Crippen LogP contribution is -2.35. The van der Waals surface area contributed by atoms with Crippen LogP contribution in [0.5, 0.6) is 0 Å². The van der Waals surface area contributed by atoms with E-state index in [2.05, 4.69) is 15.0 Å². The molecule has 1 heterocycles. The largest absolute Gasteiger partial charge is 0.461 e. The highest BCUT2D eigenvalue weighted by Gasteiger charge is 2.61. The molecule has 0 atom stereocenters. The Morgan fingerprint density at radius 2 is 1.77 bits per heavy atom. The van der Waals surface area contributed by atoms with Crippen LogP contribution in [0, 0.1) is 6.33 Å². The number of hydrogen-bond donors (Lipinski definition) is 0. The molecule has 0 aromatic carbocycles. The molecule has 0 amide bonds. The summed E-state index contributed by atoms with van der Waals surface area (Å²) in [7, 11) is 0. The van der Waals surface area contributed by atoms with Crippen LogP contribution in [0.1, 0.15) is 5.82 Å². The first-order chi connectivity index (χ1) is 5.86. The molecule has 0 spiro atoms. The first-order valence-electron chi connectivity index (χ1n) is 2.86. The summed E-state index contributed by atoms with van der Waals surface area (Å²) in [6, 6.07) is 0. The molecule has 0 unspecified atom stereocenters. The smallest absolute Gasteiger partial charge is 0.215 e. The lowest BCUT2D eigenvalue weighted by Gasteiger charge is -2.16. The van der Waals surface area contributed by atoms with Gasteiger partial charge >= 0.3 is 12.1 Å². The number of halogens is 5. The van der Waals surface area contributed by atoms with Crippen molar-refractivity contribution < 1.29 is 22.0 Å². The van der Waals surface area contributed by atoms with Crippen LogP contribution < -0.4 is 0 Å². The fraction of sp³-hybridized carbons (Fsp3) is 0.400. The molecule has 0 aliphatic carbocycles. The van der Waals surface area contributed by atoms with Crippen LogP contribution in [0.2, 0.25) is 0 Å². The zero-order chi connectivity index (χ0) is 10.1. The summed E-state index contributed by atoms with van der Waals surface area (Å²) < 4.78 is 59.7. The van der Waals surface area contributed by atoms with Crippen LogP contribution >= 0.6 is 0 Å². The molecule has 0 saturated carbocycles. The maximum absolute atomic E-state index is 12.4. The Morgan fingerprint density at radius 3 is 2.15 bits per heavy atom. The van der Waals surface area contributed by atoms with Crippen LogP contribution in [0.4, 0.5) is 22.0 Å². The van der Waals surface area contributed by atoms with Crippen LogP contribution in [0.25, 0.3) is 0 Å². The van der Waals surface area contributed by atoms with Gasteiger partial charge < -0.3 is 0 Å². The lowest BCUT2D eigenvalue weighted by atomic mass is 10.3. The monoisotopic (exact) mass is 198 g/mol. The highest BCUT2D eigenvalue weighted by atomic mass is 19.4. The summed E-state index contributed by atoms with van der Waals surface area (Å²) in [4.78, 5) is 8.29. The van der Waals surface area contributed by atoms with Crippen molar-refractivity contribution in [1.29, 1.82) is 0 Å². The Balaban J connectivity index is 3.08. The molecule has 0 bridgehead atoms. The SMILES string of the molecule is FC(F)(F)C(F)(F)c1n[c]ncn1. The van der Waals surface area contributed by atoms with Gasteiger partial charge in [0.1, 0.15) is 6.33 Å². The summed E-state index contributed by atoms with van der Waals surface area (Å²) in [6.45, 7) is 0. The van der Waals surface area contributed by atoms with Crippen LogP contribution in [0.15, 0.2) is 6.33 Å². The van der Waals surface area contributed by atoms with Gasteiger partial charge in [-0.05, 0) is 0 Å². The summed E-state index contributed by atoms with van der Waals surface area (Å²) in [5, 5.41) is 0. The van der Waals surface area contributed by atoms with E-state index in [1.807, 2.05) is 0 Å². The van der Waals surface area contributed by atoms with E-state index >= 15 is 0 Å². The maximum atomic E-state index is 12.4. The minimum absolute atomic E-state index is 0.516. The number of alkyl halides is 5. The van der Waals surface area contributed by atoms with E-state index in [4.69, 9.17) is 0 Å². The number of hydrogen-bond acceptors (Lipinski definition) is 3. The molecule has 3 nitrogen and oxygen atoms in total. The fourth-order valence-electron chi connectivity index (χ4n) is 0.493. The van der Waals surface area contributed by atoms with E-state index in [9.17, 15) is 22.0 Å². The Kier molecular flexibility index (Phi) is 2.14. The molecule has 71 valence electrons. The highest BCUT2D eigenvalue weighted by molar-refractivity contribution is 4.97. The third kappa shape index (κ3) is 1.70. The number of rotatable bonds is 1. The summed E-state index contributed by atoms with van der Waals surface area (Å²) in [5.74, 6) is -6.72. The topological polar surface area (TPSA) is 38.7 Å². The molecule has 13 heavy (non-hydrogen) atoms. The Bertz CT molecular complexity index is 282. The van der Waals surface area contributed by atoms with Crippen molar-refractivity contribution in [3.63, 3.8) is 0 Å². The van der Waals surface area contributed by atoms with Crippen molar-refractivity contribution in [2.75, 3.05) is 0 Å². The van der Waals surface area contributed by atoms with Gasteiger partial charge in [-0.1, -0.05) is 0 Å². The van der Waals surface area contributed by atoms with Gasteiger partial charge in [0.25, 0.3) is 0 Å². The summed E-state index contributed by atoms with van der Waals surface area (Å²) >= 11 is 0. The Hall–Kier alpha value is -1.34. The molecule has 1 rings (SSSR count). The van der Waals surface area contributed by atoms with Crippen molar-refractivity contribution in [3.05, 3.63) is 18.5 Å². The minimum Gasteiger partial charge on any atom is -0.215 e. The lowest BCUT2D eigenvalue weighted by molar-refractivity contribution is -0.292. The standard InChI is InChI=1S/C5HF5N3/c6-4(7,5(8,9)10)3-12-1-11-2-13-3/h1H. The zero-order valence-corrected chi connectivity index (χ0v) is 5.81. The molecule has 1 radical (unpaired) electrons. The van der Waals surface area contributed by atoms with Gasteiger partial charge in [-0.3, -0.25) is 0 Å². The first-order valence-corrected chi connectivity index (χ1v) is 2.86. The van der Waals surface area contributed by atoms with Gasteiger partial charge in [0, 0.05) is 0 Å².